The lowest BCUT2D eigenvalue weighted by atomic mass is 10.2. The second kappa shape index (κ2) is 5.01. The Balaban J connectivity index is 2.39. The van der Waals surface area contributed by atoms with Crippen LogP contribution in [0.4, 0.5) is 0 Å². The second-order valence-electron chi connectivity index (χ2n) is 3.50. The van der Waals surface area contributed by atoms with E-state index < -0.39 is 0 Å². The summed E-state index contributed by atoms with van der Waals surface area (Å²) in [5.41, 5.74) is 0.733. The number of aromatic nitrogens is 2. The highest BCUT2D eigenvalue weighted by molar-refractivity contribution is 6.30. The standard InChI is InChI=1S/C12H11ClN2O2/c1-17-11-3-2-10(13)6-9(11)7-15-8-14-5-4-12(15)16/h2-6,8H,7H2,1H3. The average Bonchev–Trinajstić information content (AvgIpc) is 2.32. The zero-order valence-corrected chi connectivity index (χ0v) is 10.0. The van der Waals surface area contributed by atoms with Gasteiger partial charge < -0.3 is 4.74 Å². The monoisotopic (exact) mass is 250 g/mol. The molecule has 0 aliphatic rings. The lowest BCUT2D eigenvalue weighted by Crippen LogP contribution is -2.19. The second-order valence-corrected chi connectivity index (χ2v) is 3.94. The van der Waals surface area contributed by atoms with Gasteiger partial charge in [0, 0.05) is 22.8 Å². The highest BCUT2D eigenvalue weighted by Crippen LogP contribution is 2.22. The summed E-state index contributed by atoms with van der Waals surface area (Å²) in [7, 11) is 1.58. The third kappa shape index (κ3) is 2.65. The predicted molar refractivity (Wildman–Crippen MR) is 65.6 cm³/mol. The quantitative estimate of drug-likeness (QED) is 0.836. The molecule has 0 bridgehead atoms. The van der Waals surface area contributed by atoms with Gasteiger partial charge in [0.1, 0.15) is 5.75 Å². The number of benzene rings is 1. The third-order valence-corrected chi connectivity index (χ3v) is 2.61. The van der Waals surface area contributed by atoms with E-state index in [0.717, 1.165) is 5.56 Å². The van der Waals surface area contributed by atoms with Crippen molar-refractivity contribution >= 4 is 11.6 Å². The summed E-state index contributed by atoms with van der Waals surface area (Å²) in [5, 5.41) is 0.609. The van der Waals surface area contributed by atoms with Crippen LogP contribution in [0.1, 0.15) is 5.56 Å². The van der Waals surface area contributed by atoms with Gasteiger partial charge in [0.05, 0.1) is 20.0 Å². The third-order valence-electron chi connectivity index (χ3n) is 2.38. The number of rotatable bonds is 3. The van der Waals surface area contributed by atoms with Crippen LogP contribution in [0, 0.1) is 0 Å². The van der Waals surface area contributed by atoms with E-state index >= 15 is 0 Å². The molecule has 0 aliphatic heterocycles. The Morgan fingerprint density at radius 1 is 1.41 bits per heavy atom. The molecule has 4 nitrogen and oxygen atoms in total. The highest BCUT2D eigenvalue weighted by atomic mass is 35.5. The smallest absolute Gasteiger partial charge is 0.253 e. The molecular weight excluding hydrogens is 240 g/mol. The number of hydrogen-bond acceptors (Lipinski definition) is 3. The van der Waals surface area contributed by atoms with Crippen LogP contribution in [-0.4, -0.2) is 16.7 Å². The van der Waals surface area contributed by atoms with Crippen LogP contribution in [-0.2, 0) is 6.54 Å². The van der Waals surface area contributed by atoms with Crippen LogP contribution in [0.15, 0.2) is 41.6 Å². The van der Waals surface area contributed by atoms with Crippen LogP contribution in [0.25, 0.3) is 0 Å². The summed E-state index contributed by atoms with van der Waals surface area (Å²) in [5.74, 6) is 0.699. The van der Waals surface area contributed by atoms with Crippen LogP contribution < -0.4 is 10.3 Å². The van der Waals surface area contributed by atoms with E-state index in [1.54, 1.807) is 25.3 Å². The van der Waals surface area contributed by atoms with Crippen molar-refractivity contribution in [1.82, 2.24) is 9.55 Å². The Hall–Kier alpha value is -1.81. The molecule has 1 heterocycles. The van der Waals surface area contributed by atoms with Crippen LogP contribution in [0.3, 0.4) is 0 Å². The van der Waals surface area contributed by atoms with Crippen molar-refractivity contribution in [3.05, 3.63) is 57.7 Å². The first-order valence-electron chi connectivity index (χ1n) is 5.03. The van der Waals surface area contributed by atoms with E-state index in [0.29, 0.717) is 17.3 Å². The number of halogens is 1. The van der Waals surface area contributed by atoms with Crippen molar-refractivity contribution in [2.75, 3.05) is 7.11 Å². The molecule has 5 heteroatoms. The predicted octanol–water partition coefficient (Wildman–Crippen LogP) is 1.95. The molecule has 0 radical (unpaired) electrons. The van der Waals surface area contributed by atoms with Crippen molar-refractivity contribution in [2.45, 2.75) is 6.54 Å². The zero-order valence-electron chi connectivity index (χ0n) is 9.26. The van der Waals surface area contributed by atoms with E-state index in [1.165, 1.54) is 23.2 Å². The Morgan fingerprint density at radius 3 is 2.94 bits per heavy atom. The van der Waals surface area contributed by atoms with Crippen molar-refractivity contribution in [3.8, 4) is 5.75 Å². The summed E-state index contributed by atoms with van der Waals surface area (Å²) >= 11 is 5.92. The lowest BCUT2D eigenvalue weighted by Gasteiger charge is -2.10. The summed E-state index contributed by atoms with van der Waals surface area (Å²) in [4.78, 5) is 15.5. The number of methoxy groups -OCH3 is 1. The van der Waals surface area contributed by atoms with Crippen molar-refractivity contribution in [1.29, 1.82) is 0 Å². The lowest BCUT2D eigenvalue weighted by molar-refractivity contribution is 0.408. The topological polar surface area (TPSA) is 44.1 Å². The van der Waals surface area contributed by atoms with E-state index in [-0.39, 0.29) is 5.56 Å². The molecule has 0 amide bonds. The number of ether oxygens (including phenoxy) is 1. The zero-order chi connectivity index (χ0) is 12.3. The first kappa shape index (κ1) is 11.7. The van der Waals surface area contributed by atoms with Gasteiger partial charge in [-0.3, -0.25) is 9.36 Å². The summed E-state index contributed by atoms with van der Waals surface area (Å²) in [6.07, 6.45) is 2.96. The van der Waals surface area contributed by atoms with Gasteiger partial charge in [-0.1, -0.05) is 11.6 Å². The van der Waals surface area contributed by atoms with Crippen molar-refractivity contribution < 1.29 is 4.74 Å². The van der Waals surface area contributed by atoms with Gasteiger partial charge in [-0.2, -0.15) is 0 Å². The average molecular weight is 251 g/mol. The van der Waals surface area contributed by atoms with Crippen LogP contribution >= 0.6 is 11.6 Å². The fourth-order valence-electron chi connectivity index (χ4n) is 1.55. The van der Waals surface area contributed by atoms with Gasteiger partial charge in [-0.25, -0.2) is 4.98 Å². The summed E-state index contributed by atoms with van der Waals surface area (Å²) in [6, 6.07) is 6.71. The molecule has 0 saturated carbocycles. The van der Waals surface area contributed by atoms with E-state index in [4.69, 9.17) is 16.3 Å². The molecule has 0 spiro atoms. The molecule has 0 unspecified atom stereocenters. The molecule has 2 rings (SSSR count). The van der Waals surface area contributed by atoms with E-state index in [2.05, 4.69) is 4.98 Å². The maximum atomic E-state index is 11.6. The van der Waals surface area contributed by atoms with Crippen LogP contribution in [0.5, 0.6) is 5.75 Å². The number of nitrogens with zero attached hydrogens (tertiary/aromatic N) is 2. The van der Waals surface area contributed by atoms with Gasteiger partial charge >= 0.3 is 0 Å². The van der Waals surface area contributed by atoms with Crippen molar-refractivity contribution in [3.63, 3.8) is 0 Å². The Morgan fingerprint density at radius 2 is 2.24 bits per heavy atom. The van der Waals surface area contributed by atoms with Gasteiger partial charge in [0.25, 0.3) is 5.56 Å². The maximum absolute atomic E-state index is 11.6. The molecule has 0 atom stereocenters. The van der Waals surface area contributed by atoms with Gasteiger partial charge in [-0.15, -0.1) is 0 Å². The fraction of sp³-hybridized carbons (Fsp3) is 0.167. The van der Waals surface area contributed by atoms with Crippen molar-refractivity contribution in [2.24, 2.45) is 0 Å². The molecular formula is C12H11ClN2O2. The minimum atomic E-state index is -0.109. The number of hydrogen-bond donors (Lipinski definition) is 0. The highest BCUT2D eigenvalue weighted by Gasteiger charge is 2.05. The summed E-state index contributed by atoms with van der Waals surface area (Å²) < 4.78 is 6.71. The molecule has 17 heavy (non-hydrogen) atoms. The van der Waals surface area contributed by atoms with Gasteiger partial charge in [-0.05, 0) is 18.2 Å². The summed E-state index contributed by atoms with van der Waals surface area (Å²) in [6.45, 7) is 0.385. The van der Waals surface area contributed by atoms with Gasteiger partial charge in [0.15, 0.2) is 0 Å². The minimum absolute atomic E-state index is 0.109. The first-order chi connectivity index (χ1) is 8.20. The first-order valence-corrected chi connectivity index (χ1v) is 5.41. The molecule has 0 aliphatic carbocycles. The molecule has 1 aromatic carbocycles. The molecule has 0 saturated heterocycles. The minimum Gasteiger partial charge on any atom is -0.496 e. The molecule has 1 aromatic heterocycles. The van der Waals surface area contributed by atoms with Crippen LogP contribution in [0.2, 0.25) is 5.02 Å². The largest absolute Gasteiger partial charge is 0.496 e. The fourth-order valence-corrected chi connectivity index (χ4v) is 1.75. The Labute approximate surface area is 103 Å². The van der Waals surface area contributed by atoms with E-state index in [1.807, 2.05) is 0 Å². The Kier molecular flexibility index (Phi) is 3.44. The normalized spacial score (nSPS) is 10.2. The molecule has 0 fully saturated rings. The SMILES string of the molecule is COc1ccc(Cl)cc1Cn1cnccc1=O. The van der Waals surface area contributed by atoms with Gasteiger partial charge in [0.2, 0.25) is 0 Å². The molecule has 2 aromatic rings. The Bertz CT molecular complexity index is 581. The molecule has 0 N–H and O–H groups in total. The van der Waals surface area contributed by atoms with E-state index in [9.17, 15) is 4.79 Å². The maximum Gasteiger partial charge on any atom is 0.253 e. The molecule has 88 valence electrons.